The highest BCUT2D eigenvalue weighted by atomic mass is 32.2. The van der Waals surface area contributed by atoms with Crippen LogP contribution in [0.4, 0.5) is 0 Å². The summed E-state index contributed by atoms with van der Waals surface area (Å²) in [6.45, 7) is 3.93. The van der Waals surface area contributed by atoms with Crippen LogP contribution in [0.1, 0.15) is 43.2 Å². The van der Waals surface area contributed by atoms with Crippen molar-refractivity contribution in [3.63, 3.8) is 0 Å². The van der Waals surface area contributed by atoms with Crippen molar-refractivity contribution in [1.29, 1.82) is 0 Å². The molecule has 0 saturated carbocycles. The van der Waals surface area contributed by atoms with E-state index in [-0.39, 0.29) is 21.6 Å². The fraction of sp³-hybridized carbons (Fsp3) is 0.480. The van der Waals surface area contributed by atoms with Crippen LogP contribution < -0.4 is 5.32 Å². The predicted octanol–water partition coefficient (Wildman–Crippen LogP) is 2.89. The number of carbonyl (C=O) groups excluding carboxylic acids is 1. The van der Waals surface area contributed by atoms with Crippen LogP contribution in [0.3, 0.4) is 0 Å². The van der Waals surface area contributed by atoms with Crippen molar-refractivity contribution in [3.8, 4) is 0 Å². The first-order valence-corrected chi connectivity index (χ1v) is 15.0. The zero-order valence-corrected chi connectivity index (χ0v) is 21.7. The predicted molar refractivity (Wildman–Crippen MR) is 134 cm³/mol. The maximum absolute atomic E-state index is 12.9. The Kier molecular flexibility index (Phi) is 7.95. The molecule has 0 atom stereocenters. The summed E-state index contributed by atoms with van der Waals surface area (Å²) < 4.78 is 54.3. The van der Waals surface area contributed by atoms with E-state index < -0.39 is 20.0 Å². The molecule has 2 aliphatic heterocycles. The van der Waals surface area contributed by atoms with E-state index in [1.54, 1.807) is 52.8 Å². The van der Waals surface area contributed by atoms with E-state index in [1.165, 1.54) is 4.31 Å². The number of hydrogen-bond acceptors (Lipinski definition) is 5. The molecule has 8 nitrogen and oxygen atoms in total. The minimum Gasteiger partial charge on any atom is -0.352 e. The number of sulfonamides is 2. The molecule has 2 heterocycles. The summed E-state index contributed by atoms with van der Waals surface area (Å²) in [6, 6.07) is 13.5. The minimum atomic E-state index is -3.56. The van der Waals surface area contributed by atoms with E-state index in [9.17, 15) is 21.6 Å². The molecular weight excluding hydrogens is 486 g/mol. The van der Waals surface area contributed by atoms with Gasteiger partial charge in [0.25, 0.3) is 0 Å². The highest BCUT2D eigenvalue weighted by Crippen LogP contribution is 2.25. The summed E-state index contributed by atoms with van der Waals surface area (Å²) in [6.07, 6.45) is 3.76. The number of nitrogens with one attached hydrogen (secondary N) is 1. The summed E-state index contributed by atoms with van der Waals surface area (Å²) in [5.41, 5.74) is 1.81. The van der Waals surface area contributed by atoms with E-state index in [2.05, 4.69) is 5.32 Å². The summed E-state index contributed by atoms with van der Waals surface area (Å²) in [4.78, 5) is 13.2. The highest BCUT2D eigenvalue weighted by molar-refractivity contribution is 7.89. The maximum Gasteiger partial charge on any atom is 0.243 e. The molecule has 2 aromatic carbocycles. The van der Waals surface area contributed by atoms with Crippen LogP contribution in [0.25, 0.3) is 0 Å². The molecular formula is C25H33N3O5S2. The number of aryl methyl sites for hydroxylation is 1. The van der Waals surface area contributed by atoms with Gasteiger partial charge in [-0.25, -0.2) is 16.8 Å². The lowest BCUT2D eigenvalue weighted by atomic mass is 9.97. The van der Waals surface area contributed by atoms with Crippen LogP contribution in [0, 0.1) is 12.8 Å². The monoisotopic (exact) mass is 519 g/mol. The zero-order chi connectivity index (χ0) is 25.1. The quantitative estimate of drug-likeness (QED) is 0.606. The van der Waals surface area contributed by atoms with Crippen LogP contribution in [-0.4, -0.2) is 57.5 Å². The van der Waals surface area contributed by atoms with E-state index in [1.807, 2.05) is 6.92 Å². The van der Waals surface area contributed by atoms with Crippen molar-refractivity contribution < 1.29 is 21.6 Å². The fourth-order valence-electron chi connectivity index (χ4n) is 4.58. The normalized spacial score (nSPS) is 18.9. The molecule has 2 fully saturated rings. The molecule has 2 aliphatic rings. The van der Waals surface area contributed by atoms with Gasteiger partial charge in [0.1, 0.15) is 0 Å². The third kappa shape index (κ3) is 5.94. The Labute approximate surface area is 208 Å². The smallest absolute Gasteiger partial charge is 0.243 e. The molecule has 4 rings (SSSR count). The second-order valence-corrected chi connectivity index (χ2v) is 13.2. The van der Waals surface area contributed by atoms with Crippen LogP contribution in [0.5, 0.6) is 0 Å². The van der Waals surface area contributed by atoms with Gasteiger partial charge in [-0.15, -0.1) is 0 Å². The molecule has 1 amide bonds. The van der Waals surface area contributed by atoms with Crippen LogP contribution in [0.2, 0.25) is 0 Å². The van der Waals surface area contributed by atoms with Gasteiger partial charge < -0.3 is 5.32 Å². The number of nitrogens with zero attached hydrogens (tertiary/aromatic N) is 2. The average molecular weight is 520 g/mol. The van der Waals surface area contributed by atoms with Gasteiger partial charge in [0.15, 0.2) is 0 Å². The molecule has 190 valence electrons. The standard InChI is InChI=1S/C25H33N3O5S2/c1-20-5-9-23(10-6-20)35(32,33)28-17-13-22(14-18-28)25(29)26-19-21-7-11-24(12-8-21)34(30,31)27-15-3-2-4-16-27/h5-12,22H,2-4,13-19H2,1H3,(H,26,29). The minimum absolute atomic E-state index is 0.109. The molecule has 0 spiro atoms. The molecule has 2 saturated heterocycles. The number of hydrogen-bond donors (Lipinski definition) is 1. The Hall–Kier alpha value is -2.27. The molecule has 1 N–H and O–H groups in total. The molecule has 0 aromatic heterocycles. The molecule has 0 unspecified atom stereocenters. The lowest BCUT2D eigenvalue weighted by molar-refractivity contribution is -0.126. The van der Waals surface area contributed by atoms with Crippen molar-refractivity contribution in [2.75, 3.05) is 26.2 Å². The van der Waals surface area contributed by atoms with Crippen molar-refractivity contribution >= 4 is 26.0 Å². The van der Waals surface area contributed by atoms with Gasteiger partial charge in [-0.2, -0.15) is 8.61 Å². The molecule has 0 radical (unpaired) electrons. The van der Waals surface area contributed by atoms with Gasteiger partial charge >= 0.3 is 0 Å². The van der Waals surface area contributed by atoms with Crippen molar-refractivity contribution in [1.82, 2.24) is 13.9 Å². The average Bonchev–Trinajstić information content (AvgIpc) is 2.88. The van der Waals surface area contributed by atoms with Crippen molar-refractivity contribution in [3.05, 3.63) is 59.7 Å². The Balaban J connectivity index is 1.28. The third-order valence-corrected chi connectivity index (χ3v) is 10.7. The van der Waals surface area contributed by atoms with Gasteiger partial charge in [0, 0.05) is 38.6 Å². The lowest BCUT2D eigenvalue weighted by Gasteiger charge is -2.30. The van der Waals surface area contributed by atoms with Gasteiger partial charge in [0.2, 0.25) is 26.0 Å². The summed E-state index contributed by atoms with van der Waals surface area (Å²) in [5, 5.41) is 2.91. The Morgan fingerprint density at radius 3 is 1.80 bits per heavy atom. The zero-order valence-electron chi connectivity index (χ0n) is 20.0. The van der Waals surface area contributed by atoms with Crippen molar-refractivity contribution in [2.45, 2.75) is 55.4 Å². The Bertz CT molecular complexity index is 1230. The molecule has 35 heavy (non-hydrogen) atoms. The first-order chi connectivity index (χ1) is 16.7. The topological polar surface area (TPSA) is 104 Å². The van der Waals surface area contributed by atoms with Gasteiger partial charge in [0.05, 0.1) is 9.79 Å². The van der Waals surface area contributed by atoms with Gasteiger partial charge in [-0.1, -0.05) is 36.2 Å². The summed E-state index contributed by atoms with van der Waals surface area (Å²) in [5.74, 6) is -0.361. The number of piperidine rings is 2. The highest BCUT2D eigenvalue weighted by Gasteiger charge is 2.32. The second-order valence-electron chi connectivity index (χ2n) is 9.32. The first kappa shape index (κ1) is 25.8. The lowest BCUT2D eigenvalue weighted by Crippen LogP contribution is -2.42. The van der Waals surface area contributed by atoms with Crippen LogP contribution in [-0.2, 0) is 31.4 Å². The number of rotatable bonds is 7. The van der Waals surface area contributed by atoms with E-state index in [4.69, 9.17) is 0 Å². The number of amides is 1. The van der Waals surface area contributed by atoms with Gasteiger partial charge in [-0.3, -0.25) is 4.79 Å². The fourth-order valence-corrected chi connectivity index (χ4v) is 7.57. The molecule has 0 bridgehead atoms. The maximum atomic E-state index is 12.9. The largest absolute Gasteiger partial charge is 0.352 e. The Morgan fingerprint density at radius 2 is 1.26 bits per heavy atom. The van der Waals surface area contributed by atoms with E-state index in [0.29, 0.717) is 45.6 Å². The first-order valence-electron chi connectivity index (χ1n) is 12.1. The molecule has 2 aromatic rings. The Morgan fingerprint density at radius 1 is 0.771 bits per heavy atom. The molecule has 0 aliphatic carbocycles. The van der Waals surface area contributed by atoms with Gasteiger partial charge in [-0.05, 0) is 62.4 Å². The number of carbonyl (C=O) groups is 1. The van der Waals surface area contributed by atoms with Crippen LogP contribution >= 0.6 is 0 Å². The molecule has 10 heteroatoms. The second kappa shape index (κ2) is 10.8. The van der Waals surface area contributed by atoms with Crippen molar-refractivity contribution in [2.24, 2.45) is 5.92 Å². The third-order valence-electron chi connectivity index (χ3n) is 6.83. The van der Waals surface area contributed by atoms with E-state index >= 15 is 0 Å². The summed E-state index contributed by atoms with van der Waals surface area (Å²) in [7, 11) is -7.03. The summed E-state index contributed by atoms with van der Waals surface area (Å²) >= 11 is 0. The van der Waals surface area contributed by atoms with Crippen LogP contribution in [0.15, 0.2) is 58.3 Å². The number of benzene rings is 2. The SMILES string of the molecule is Cc1ccc(S(=O)(=O)N2CCC(C(=O)NCc3ccc(S(=O)(=O)N4CCCCC4)cc3)CC2)cc1. The van der Waals surface area contributed by atoms with E-state index in [0.717, 1.165) is 30.4 Å².